The largest absolute Gasteiger partial charge is 0.491 e. The van der Waals surface area contributed by atoms with Gasteiger partial charge in [0.1, 0.15) is 18.5 Å². The predicted octanol–water partition coefficient (Wildman–Crippen LogP) is 1.67. The van der Waals surface area contributed by atoms with Gasteiger partial charge in [0.05, 0.1) is 13.2 Å². The second kappa shape index (κ2) is 8.04. The molecule has 0 aromatic heterocycles. The molecule has 110 valence electrons. The quantitative estimate of drug-likeness (QED) is 0.744. The first-order valence-corrected chi connectivity index (χ1v) is 7.08. The summed E-state index contributed by atoms with van der Waals surface area (Å²) in [6.45, 7) is 5.11. The third-order valence-electron chi connectivity index (χ3n) is 3.15. The molecule has 0 fully saturated rings. The number of aliphatic hydroxyl groups is 1. The molecule has 0 saturated carbocycles. The van der Waals surface area contributed by atoms with E-state index in [0.29, 0.717) is 19.8 Å². The molecule has 1 aliphatic rings. The first-order valence-electron chi connectivity index (χ1n) is 7.08. The van der Waals surface area contributed by atoms with Crippen LogP contribution in [0, 0.1) is 6.92 Å². The molecule has 1 aromatic carbocycles. The fraction of sp³-hybridized carbons (Fsp3) is 0.500. The van der Waals surface area contributed by atoms with Gasteiger partial charge < -0.3 is 19.9 Å². The summed E-state index contributed by atoms with van der Waals surface area (Å²) in [5.74, 6) is 0.799. The molecule has 1 aliphatic heterocycles. The minimum Gasteiger partial charge on any atom is -0.491 e. The lowest BCUT2D eigenvalue weighted by molar-refractivity contribution is 0.106. The normalized spacial score (nSPS) is 16.6. The Balaban J connectivity index is 1.62. The van der Waals surface area contributed by atoms with Gasteiger partial charge in [-0.2, -0.15) is 0 Å². The lowest BCUT2D eigenvalue weighted by Crippen LogP contribution is -2.33. The average molecular weight is 277 g/mol. The second-order valence-electron chi connectivity index (χ2n) is 5.12. The van der Waals surface area contributed by atoms with E-state index in [1.54, 1.807) is 0 Å². The molecule has 4 nitrogen and oxygen atoms in total. The summed E-state index contributed by atoms with van der Waals surface area (Å²) < 4.78 is 10.9. The van der Waals surface area contributed by atoms with Crippen molar-refractivity contribution < 1.29 is 14.6 Å². The molecule has 4 heteroatoms. The Bertz CT molecular complexity index is 445. The molecule has 0 bridgehead atoms. The van der Waals surface area contributed by atoms with Crippen LogP contribution in [0.3, 0.4) is 0 Å². The topological polar surface area (TPSA) is 50.7 Å². The van der Waals surface area contributed by atoms with Crippen LogP contribution in [0.1, 0.15) is 12.0 Å². The Morgan fingerprint density at radius 1 is 1.45 bits per heavy atom. The van der Waals surface area contributed by atoms with Crippen molar-refractivity contribution in [3.63, 3.8) is 0 Å². The molecular weight excluding hydrogens is 254 g/mol. The maximum absolute atomic E-state index is 9.87. The SMILES string of the molecule is Cc1cccc(OCC(O)CNCC2=CCCOC2)c1. The number of hydrogen-bond donors (Lipinski definition) is 2. The fourth-order valence-electron chi connectivity index (χ4n) is 2.09. The fourth-order valence-corrected chi connectivity index (χ4v) is 2.09. The van der Waals surface area contributed by atoms with Gasteiger partial charge in [-0.1, -0.05) is 18.2 Å². The monoisotopic (exact) mass is 277 g/mol. The van der Waals surface area contributed by atoms with Crippen molar-refractivity contribution in [2.24, 2.45) is 0 Å². The molecule has 0 aliphatic carbocycles. The summed E-state index contributed by atoms with van der Waals surface area (Å²) in [7, 11) is 0. The van der Waals surface area contributed by atoms with Gasteiger partial charge >= 0.3 is 0 Å². The molecule has 0 saturated heterocycles. The second-order valence-corrected chi connectivity index (χ2v) is 5.12. The van der Waals surface area contributed by atoms with Crippen LogP contribution in [0.15, 0.2) is 35.9 Å². The molecule has 0 amide bonds. The van der Waals surface area contributed by atoms with E-state index < -0.39 is 6.10 Å². The minimum absolute atomic E-state index is 0.298. The number of rotatable bonds is 7. The highest BCUT2D eigenvalue weighted by Crippen LogP contribution is 2.12. The Morgan fingerprint density at radius 2 is 2.35 bits per heavy atom. The number of nitrogens with one attached hydrogen (secondary N) is 1. The van der Waals surface area contributed by atoms with Gasteiger partial charge in [0.15, 0.2) is 0 Å². The first-order chi connectivity index (χ1) is 9.74. The highest BCUT2D eigenvalue weighted by molar-refractivity contribution is 5.27. The molecule has 2 rings (SSSR count). The standard InChI is InChI=1S/C16H23NO3/c1-13-4-2-6-16(8-13)20-12-15(18)10-17-9-14-5-3-7-19-11-14/h2,4-6,8,15,17-18H,3,7,9-12H2,1H3. The van der Waals surface area contributed by atoms with E-state index in [4.69, 9.17) is 9.47 Å². The summed E-state index contributed by atoms with van der Waals surface area (Å²) in [4.78, 5) is 0. The van der Waals surface area contributed by atoms with Crippen molar-refractivity contribution in [3.8, 4) is 5.75 Å². The van der Waals surface area contributed by atoms with Crippen LogP contribution in [0.2, 0.25) is 0 Å². The number of ether oxygens (including phenoxy) is 2. The van der Waals surface area contributed by atoms with Gasteiger partial charge in [-0.05, 0) is 36.6 Å². The molecule has 20 heavy (non-hydrogen) atoms. The number of hydrogen-bond acceptors (Lipinski definition) is 4. The van der Waals surface area contributed by atoms with Gasteiger partial charge in [0, 0.05) is 13.1 Å². The zero-order valence-corrected chi connectivity index (χ0v) is 12.0. The maximum atomic E-state index is 9.87. The number of aliphatic hydroxyl groups excluding tert-OH is 1. The smallest absolute Gasteiger partial charge is 0.119 e. The van der Waals surface area contributed by atoms with E-state index in [0.717, 1.165) is 30.9 Å². The molecule has 1 aromatic rings. The predicted molar refractivity (Wildman–Crippen MR) is 79.1 cm³/mol. The van der Waals surface area contributed by atoms with Crippen LogP contribution >= 0.6 is 0 Å². The molecule has 2 N–H and O–H groups in total. The molecule has 1 heterocycles. The first kappa shape index (κ1) is 15.0. The summed E-state index contributed by atoms with van der Waals surface area (Å²) in [5.41, 5.74) is 2.41. The van der Waals surface area contributed by atoms with Crippen LogP contribution in [0.4, 0.5) is 0 Å². The van der Waals surface area contributed by atoms with E-state index in [2.05, 4.69) is 11.4 Å². The minimum atomic E-state index is -0.513. The van der Waals surface area contributed by atoms with Crippen molar-refractivity contribution in [1.82, 2.24) is 5.32 Å². The lowest BCUT2D eigenvalue weighted by atomic mass is 10.2. The van der Waals surface area contributed by atoms with Crippen LogP contribution < -0.4 is 10.1 Å². The van der Waals surface area contributed by atoms with Crippen molar-refractivity contribution in [3.05, 3.63) is 41.5 Å². The molecular formula is C16H23NO3. The average Bonchev–Trinajstić information content (AvgIpc) is 2.46. The summed E-state index contributed by atoms with van der Waals surface area (Å²) in [5, 5.41) is 13.1. The summed E-state index contributed by atoms with van der Waals surface area (Å²) >= 11 is 0. The van der Waals surface area contributed by atoms with Crippen molar-refractivity contribution in [1.29, 1.82) is 0 Å². The van der Waals surface area contributed by atoms with E-state index in [-0.39, 0.29) is 0 Å². The van der Waals surface area contributed by atoms with Crippen molar-refractivity contribution in [2.45, 2.75) is 19.4 Å². The highest BCUT2D eigenvalue weighted by Gasteiger charge is 2.07. The van der Waals surface area contributed by atoms with E-state index in [1.165, 1.54) is 5.57 Å². The van der Waals surface area contributed by atoms with Crippen LogP contribution in [-0.2, 0) is 4.74 Å². The van der Waals surface area contributed by atoms with Crippen LogP contribution in [0.25, 0.3) is 0 Å². The zero-order chi connectivity index (χ0) is 14.2. The highest BCUT2D eigenvalue weighted by atomic mass is 16.5. The molecule has 0 spiro atoms. The third-order valence-corrected chi connectivity index (χ3v) is 3.15. The lowest BCUT2D eigenvalue weighted by Gasteiger charge is -2.16. The van der Waals surface area contributed by atoms with E-state index in [9.17, 15) is 5.11 Å². The maximum Gasteiger partial charge on any atom is 0.119 e. The number of aryl methyl sites for hydroxylation is 1. The molecule has 0 radical (unpaired) electrons. The van der Waals surface area contributed by atoms with Crippen molar-refractivity contribution in [2.75, 3.05) is 32.9 Å². The summed E-state index contributed by atoms with van der Waals surface area (Å²) in [6.07, 6.45) is 2.67. The molecule has 1 atom stereocenters. The Kier molecular flexibility index (Phi) is 6.05. The van der Waals surface area contributed by atoms with Gasteiger partial charge in [0.25, 0.3) is 0 Å². The van der Waals surface area contributed by atoms with Gasteiger partial charge in [0.2, 0.25) is 0 Å². The van der Waals surface area contributed by atoms with Crippen LogP contribution in [-0.4, -0.2) is 44.1 Å². The zero-order valence-electron chi connectivity index (χ0n) is 12.0. The van der Waals surface area contributed by atoms with Gasteiger partial charge in [-0.3, -0.25) is 0 Å². The summed E-state index contributed by atoms with van der Waals surface area (Å²) in [6, 6.07) is 7.83. The van der Waals surface area contributed by atoms with Gasteiger partial charge in [-0.15, -0.1) is 0 Å². The molecule has 1 unspecified atom stereocenters. The number of benzene rings is 1. The third kappa shape index (κ3) is 5.33. The van der Waals surface area contributed by atoms with E-state index >= 15 is 0 Å². The van der Waals surface area contributed by atoms with Crippen LogP contribution in [0.5, 0.6) is 5.75 Å². The Hall–Kier alpha value is -1.36. The van der Waals surface area contributed by atoms with Gasteiger partial charge in [-0.25, -0.2) is 0 Å². The Labute approximate surface area is 120 Å². The van der Waals surface area contributed by atoms with E-state index in [1.807, 2.05) is 31.2 Å². The van der Waals surface area contributed by atoms with Crippen molar-refractivity contribution >= 4 is 0 Å². The Morgan fingerprint density at radius 3 is 3.10 bits per heavy atom.